The van der Waals surface area contributed by atoms with Gasteiger partial charge in [-0.1, -0.05) is 0 Å². The zero-order valence-corrected chi connectivity index (χ0v) is 20.0. The van der Waals surface area contributed by atoms with Crippen LogP contribution in [-0.4, -0.2) is 48.7 Å². The summed E-state index contributed by atoms with van der Waals surface area (Å²) in [6, 6.07) is 7.85. The van der Waals surface area contributed by atoms with Gasteiger partial charge in [0.1, 0.15) is 39.5 Å². The number of aromatic nitrogens is 1. The van der Waals surface area contributed by atoms with Gasteiger partial charge in [-0.3, -0.25) is 4.79 Å². The Morgan fingerprint density at radius 3 is 2.89 bits per heavy atom. The number of pyridine rings is 1. The lowest BCUT2D eigenvalue weighted by Crippen LogP contribution is -2.51. The first-order valence-electron chi connectivity index (χ1n) is 11.8. The molecule has 1 amide bonds. The van der Waals surface area contributed by atoms with Crippen molar-refractivity contribution in [3.63, 3.8) is 0 Å². The van der Waals surface area contributed by atoms with Crippen LogP contribution in [0.4, 0.5) is 15.8 Å². The number of thiophene rings is 1. The molecule has 2 saturated heterocycles. The summed E-state index contributed by atoms with van der Waals surface area (Å²) in [7, 11) is 0. The Morgan fingerprint density at radius 1 is 1.37 bits per heavy atom. The van der Waals surface area contributed by atoms with Crippen LogP contribution in [0.1, 0.15) is 39.3 Å². The quantitative estimate of drug-likeness (QED) is 0.515. The van der Waals surface area contributed by atoms with Gasteiger partial charge < -0.3 is 26.0 Å². The molecular weight excluding hydrogens is 467 g/mol. The molecule has 0 aliphatic carbocycles. The first-order chi connectivity index (χ1) is 16.9. The number of nitrogen functional groups attached to an aromatic ring is 1. The first-order valence-corrected chi connectivity index (χ1v) is 12.6. The molecule has 3 aromatic rings. The van der Waals surface area contributed by atoms with E-state index in [0.717, 1.165) is 37.0 Å². The molecule has 0 saturated carbocycles. The third-order valence-corrected chi connectivity index (χ3v) is 8.25. The Balaban J connectivity index is 1.24. The summed E-state index contributed by atoms with van der Waals surface area (Å²) in [5.74, 6) is -0.464. The van der Waals surface area contributed by atoms with E-state index in [9.17, 15) is 10.1 Å². The number of benzene rings is 1. The number of rotatable bonds is 3. The SMILES string of the molecule is Cc1ccc2c(N)c(C(=O)N[C@H]3COc4cc(N5CC6CCC(C5)N6)c(C#N)c(F)c4C3)sc2n1. The maximum Gasteiger partial charge on any atom is 0.263 e. The summed E-state index contributed by atoms with van der Waals surface area (Å²) in [4.78, 5) is 20.6. The minimum Gasteiger partial charge on any atom is -0.491 e. The number of carbonyl (C=O) groups is 1. The summed E-state index contributed by atoms with van der Waals surface area (Å²) in [5.41, 5.74) is 8.40. The molecule has 0 spiro atoms. The number of hydrogen-bond acceptors (Lipinski definition) is 8. The van der Waals surface area contributed by atoms with Crippen molar-refractivity contribution < 1.29 is 13.9 Å². The number of nitriles is 1. The molecule has 2 bridgehead atoms. The molecule has 2 unspecified atom stereocenters. The highest BCUT2D eigenvalue weighted by Crippen LogP contribution is 2.38. The van der Waals surface area contributed by atoms with Crippen molar-refractivity contribution >= 4 is 38.8 Å². The fourth-order valence-electron chi connectivity index (χ4n) is 5.42. The third kappa shape index (κ3) is 3.75. The molecule has 35 heavy (non-hydrogen) atoms. The molecule has 2 aromatic heterocycles. The average molecular weight is 493 g/mol. The Labute approximate surface area is 205 Å². The van der Waals surface area contributed by atoms with Crippen molar-refractivity contribution in [2.24, 2.45) is 0 Å². The number of anilines is 2. The average Bonchev–Trinajstić information content (AvgIpc) is 3.36. The van der Waals surface area contributed by atoms with Gasteiger partial charge in [0, 0.05) is 54.3 Å². The van der Waals surface area contributed by atoms with Crippen molar-refractivity contribution in [1.29, 1.82) is 5.26 Å². The van der Waals surface area contributed by atoms with Crippen LogP contribution in [0.15, 0.2) is 18.2 Å². The molecule has 6 rings (SSSR count). The Hall–Kier alpha value is -3.42. The second kappa shape index (κ2) is 8.36. The summed E-state index contributed by atoms with van der Waals surface area (Å²) in [5, 5.41) is 17.0. The van der Waals surface area contributed by atoms with Crippen LogP contribution in [-0.2, 0) is 6.42 Å². The largest absolute Gasteiger partial charge is 0.491 e. The normalized spacial score (nSPS) is 23.0. The third-order valence-electron chi connectivity index (χ3n) is 7.14. The van der Waals surface area contributed by atoms with Gasteiger partial charge in [0.25, 0.3) is 5.91 Å². The van der Waals surface area contributed by atoms with E-state index in [4.69, 9.17) is 10.5 Å². The Bertz CT molecular complexity index is 1390. The summed E-state index contributed by atoms with van der Waals surface area (Å²) in [6.07, 6.45) is 2.42. The molecule has 10 heteroatoms. The van der Waals surface area contributed by atoms with E-state index in [1.165, 1.54) is 11.3 Å². The maximum atomic E-state index is 15.6. The number of nitrogens with zero attached hydrogens (tertiary/aromatic N) is 3. The molecular formula is C25H25FN6O2S. The van der Waals surface area contributed by atoms with Crippen molar-refractivity contribution in [3.05, 3.63) is 45.7 Å². The maximum absolute atomic E-state index is 15.6. The highest BCUT2D eigenvalue weighted by atomic mass is 32.1. The van der Waals surface area contributed by atoms with Crippen LogP contribution < -0.4 is 26.0 Å². The lowest BCUT2D eigenvalue weighted by atomic mass is 9.97. The second-order valence-corrected chi connectivity index (χ2v) is 10.6. The van der Waals surface area contributed by atoms with Crippen molar-refractivity contribution in [3.8, 4) is 11.8 Å². The minimum absolute atomic E-state index is 0.0378. The zero-order valence-electron chi connectivity index (χ0n) is 19.2. The molecule has 5 heterocycles. The number of piperazine rings is 1. The predicted octanol–water partition coefficient (Wildman–Crippen LogP) is 2.87. The van der Waals surface area contributed by atoms with E-state index < -0.39 is 11.9 Å². The molecule has 8 nitrogen and oxygen atoms in total. The number of fused-ring (bicyclic) bond motifs is 4. The van der Waals surface area contributed by atoms with Crippen LogP contribution in [0.2, 0.25) is 0 Å². The summed E-state index contributed by atoms with van der Waals surface area (Å²) in [6.45, 7) is 3.58. The second-order valence-electron chi connectivity index (χ2n) is 9.55. The Morgan fingerprint density at radius 2 is 2.14 bits per heavy atom. The molecule has 2 fully saturated rings. The highest BCUT2D eigenvalue weighted by Gasteiger charge is 2.35. The van der Waals surface area contributed by atoms with Crippen LogP contribution in [0.25, 0.3) is 10.2 Å². The van der Waals surface area contributed by atoms with Gasteiger partial charge in [-0.05, 0) is 31.9 Å². The Kier molecular flexibility index (Phi) is 5.27. The van der Waals surface area contributed by atoms with Crippen molar-refractivity contribution in [1.82, 2.24) is 15.6 Å². The van der Waals surface area contributed by atoms with Crippen LogP contribution in [0.5, 0.6) is 5.75 Å². The molecule has 4 N–H and O–H groups in total. The molecule has 1 aromatic carbocycles. The standard InChI is InChI=1S/C25H25FN6O2S/c1-12-2-5-16-22(28)23(35-25(16)29-12)24(33)31-15-6-17-20(34-11-15)7-19(18(8-27)21(17)26)32-9-13-3-4-14(10-32)30-13/h2,5,7,13-15,30H,3-4,6,9-11,28H2,1H3,(H,31,33)/t13?,14?,15-/m1/s1. The number of carbonyl (C=O) groups excluding carboxylic acids is 1. The number of nitrogens with one attached hydrogen (secondary N) is 2. The summed E-state index contributed by atoms with van der Waals surface area (Å²) >= 11 is 1.24. The van der Waals surface area contributed by atoms with Gasteiger partial charge in [0.2, 0.25) is 0 Å². The molecule has 0 radical (unpaired) electrons. The van der Waals surface area contributed by atoms with Gasteiger partial charge >= 0.3 is 0 Å². The molecule has 180 valence electrons. The number of amides is 1. The van der Waals surface area contributed by atoms with Crippen LogP contribution in [0.3, 0.4) is 0 Å². The lowest BCUT2D eigenvalue weighted by Gasteiger charge is -2.36. The monoisotopic (exact) mass is 492 g/mol. The number of aryl methyl sites for hydroxylation is 1. The van der Waals surface area contributed by atoms with E-state index in [2.05, 4.69) is 26.6 Å². The summed E-state index contributed by atoms with van der Waals surface area (Å²) < 4.78 is 21.5. The predicted molar refractivity (Wildman–Crippen MR) is 132 cm³/mol. The van der Waals surface area contributed by atoms with E-state index in [1.54, 1.807) is 6.07 Å². The van der Waals surface area contributed by atoms with E-state index >= 15 is 4.39 Å². The fourth-order valence-corrected chi connectivity index (χ4v) is 6.46. The number of ether oxygens (including phenoxy) is 1. The van der Waals surface area contributed by atoms with Crippen molar-refractivity contribution in [2.75, 3.05) is 30.3 Å². The van der Waals surface area contributed by atoms with Gasteiger partial charge in [-0.25, -0.2) is 9.37 Å². The van der Waals surface area contributed by atoms with E-state index in [1.807, 2.05) is 19.1 Å². The smallest absolute Gasteiger partial charge is 0.263 e. The molecule has 3 aliphatic heterocycles. The van der Waals surface area contributed by atoms with Gasteiger partial charge in [-0.2, -0.15) is 5.26 Å². The van der Waals surface area contributed by atoms with Crippen LogP contribution >= 0.6 is 11.3 Å². The number of nitrogens with two attached hydrogens (primary N) is 1. The topological polar surface area (TPSA) is 116 Å². The number of hydrogen-bond donors (Lipinski definition) is 3. The minimum atomic E-state index is -0.564. The molecule has 3 aliphatic rings. The van der Waals surface area contributed by atoms with Crippen molar-refractivity contribution in [2.45, 2.75) is 44.3 Å². The van der Waals surface area contributed by atoms with Gasteiger partial charge in [0.15, 0.2) is 0 Å². The van der Waals surface area contributed by atoms with Crippen LogP contribution in [0, 0.1) is 24.1 Å². The number of halogens is 1. The zero-order chi connectivity index (χ0) is 24.3. The first kappa shape index (κ1) is 22.1. The van der Waals surface area contributed by atoms with E-state index in [0.29, 0.717) is 44.5 Å². The van der Waals surface area contributed by atoms with Gasteiger partial charge in [0.05, 0.1) is 17.4 Å². The molecule has 3 atom stereocenters. The van der Waals surface area contributed by atoms with E-state index in [-0.39, 0.29) is 24.5 Å². The van der Waals surface area contributed by atoms with Gasteiger partial charge in [-0.15, -0.1) is 11.3 Å². The fraction of sp³-hybridized carbons (Fsp3) is 0.400. The lowest BCUT2D eigenvalue weighted by molar-refractivity contribution is 0.0919. The highest BCUT2D eigenvalue weighted by molar-refractivity contribution is 7.21.